The average Bonchev–Trinajstić information content (AvgIpc) is 2.01. The topological polar surface area (TPSA) is 107 Å². The van der Waals surface area contributed by atoms with E-state index in [4.69, 9.17) is 10.8 Å². The van der Waals surface area contributed by atoms with Crippen LogP contribution in [0, 0.1) is 0 Å². The second-order valence-corrected chi connectivity index (χ2v) is 2.99. The van der Waals surface area contributed by atoms with Crippen LogP contribution < -0.4 is 5.73 Å². The van der Waals surface area contributed by atoms with Crippen LogP contribution in [0.4, 0.5) is 0 Å². The Morgan fingerprint density at radius 3 is 2.07 bits per heavy atom. The molecular weight excluding hydrogens is 186 g/mol. The number of nitrogens with two attached hydrogens (primary N) is 1. The maximum absolute atomic E-state index is 9.49. The van der Waals surface area contributed by atoms with Gasteiger partial charge in [0, 0.05) is 12.1 Å². The molecule has 5 heteroatoms. The highest BCUT2D eigenvalue weighted by Gasteiger charge is 2.17. The summed E-state index contributed by atoms with van der Waals surface area (Å²) in [4.78, 5) is 0. The predicted molar refractivity (Wildman–Crippen MR) is 50.1 cm³/mol. The number of aromatic hydroxyl groups is 3. The zero-order valence-electron chi connectivity index (χ0n) is 7.51. The van der Waals surface area contributed by atoms with Gasteiger partial charge in [0.1, 0.15) is 17.2 Å². The quantitative estimate of drug-likeness (QED) is 0.477. The highest BCUT2D eigenvalue weighted by atomic mass is 16.3. The zero-order chi connectivity index (χ0) is 10.7. The van der Waals surface area contributed by atoms with Crippen molar-refractivity contribution in [3.05, 3.63) is 17.7 Å². The molecule has 5 nitrogen and oxygen atoms in total. The molecule has 0 aliphatic rings. The van der Waals surface area contributed by atoms with Crippen molar-refractivity contribution in [2.45, 2.75) is 12.5 Å². The summed E-state index contributed by atoms with van der Waals surface area (Å²) in [5, 5.41) is 37.2. The minimum atomic E-state index is -1.03. The molecule has 0 bridgehead atoms. The van der Waals surface area contributed by atoms with E-state index in [1.54, 1.807) is 0 Å². The van der Waals surface area contributed by atoms with Gasteiger partial charge in [0.2, 0.25) is 0 Å². The Bertz CT molecular complexity index is 304. The Kier molecular flexibility index (Phi) is 3.16. The van der Waals surface area contributed by atoms with E-state index in [0.29, 0.717) is 0 Å². The first kappa shape index (κ1) is 10.6. The van der Waals surface area contributed by atoms with Crippen LogP contribution >= 0.6 is 0 Å². The van der Waals surface area contributed by atoms with Gasteiger partial charge in [-0.05, 0) is 13.0 Å². The van der Waals surface area contributed by atoms with Gasteiger partial charge in [0.05, 0.1) is 11.7 Å². The Labute approximate surface area is 81.0 Å². The summed E-state index contributed by atoms with van der Waals surface area (Å²) in [6.45, 7) is 0.237. The molecule has 0 saturated heterocycles. The minimum absolute atomic E-state index is 0.00625. The van der Waals surface area contributed by atoms with Gasteiger partial charge in [-0.2, -0.15) is 0 Å². The first-order valence-corrected chi connectivity index (χ1v) is 4.19. The molecule has 6 N–H and O–H groups in total. The first-order chi connectivity index (χ1) is 6.56. The SMILES string of the molecule is NCCC(O)c1c(O)cc(O)cc1O. The molecular formula is C9H13NO4. The van der Waals surface area contributed by atoms with Crippen LogP contribution in [-0.2, 0) is 0 Å². The van der Waals surface area contributed by atoms with Crippen molar-refractivity contribution in [3.63, 3.8) is 0 Å². The van der Waals surface area contributed by atoms with Crippen molar-refractivity contribution in [1.82, 2.24) is 0 Å². The van der Waals surface area contributed by atoms with Crippen LogP contribution in [0.3, 0.4) is 0 Å². The second-order valence-electron chi connectivity index (χ2n) is 2.99. The van der Waals surface area contributed by atoms with E-state index < -0.39 is 6.10 Å². The Morgan fingerprint density at radius 1 is 1.14 bits per heavy atom. The lowest BCUT2D eigenvalue weighted by Crippen LogP contribution is -2.07. The molecule has 1 rings (SSSR count). The molecule has 1 aromatic carbocycles. The third-order valence-corrected chi connectivity index (χ3v) is 1.89. The molecule has 0 heterocycles. The van der Waals surface area contributed by atoms with E-state index in [1.165, 1.54) is 0 Å². The number of hydrogen-bond donors (Lipinski definition) is 5. The van der Waals surface area contributed by atoms with Crippen molar-refractivity contribution in [3.8, 4) is 17.2 Å². The van der Waals surface area contributed by atoms with Gasteiger partial charge in [0.25, 0.3) is 0 Å². The third-order valence-electron chi connectivity index (χ3n) is 1.89. The molecule has 1 atom stereocenters. The summed E-state index contributed by atoms with van der Waals surface area (Å²) < 4.78 is 0. The van der Waals surface area contributed by atoms with E-state index in [2.05, 4.69) is 0 Å². The normalized spacial score (nSPS) is 12.7. The van der Waals surface area contributed by atoms with Gasteiger partial charge in [-0.3, -0.25) is 0 Å². The largest absolute Gasteiger partial charge is 0.508 e. The number of phenolic OH excluding ortho intramolecular Hbond substituents is 3. The molecule has 0 amide bonds. The maximum atomic E-state index is 9.49. The lowest BCUT2D eigenvalue weighted by Gasteiger charge is -2.13. The molecule has 78 valence electrons. The van der Waals surface area contributed by atoms with Crippen molar-refractivity contribution in [2.24, 2.45) is 5.73 Å². The fourth-order valence-corrected chi connectivity index (χ4v) is 1.25. The Hall–Kier alpha value is -1.46. The van der Waals surface area contributed by atoms with E-state index in [1.807, 2.05) is 0 Å². The molecule has 0 aromatic heterocycles. The number of aliphatic hydroxyl groups is 1. The highest BCUT2D eigenvalue weighted by molar-refractivity contribution is 5.49. The van der Waals surface area contributed by atoms with E-state index in [0.717, 1.165) is 12.1 Å². The number of rotatable bonds is 3. The van der Waals surface area contributed by atoms with Crippen LogP contribution in [0.25, 0.3) is 0 Å². The number of hydrogen-bond acceptors (Lipinski definition) is 5. The number of benzene rings is 1. The van der Waals surface area contributed by atoms with Gasteiger partial charge >= 0.3 is 0 Å². The summed E-state index contributed by atoms with van der Waals surface area (Å²) in [6, 6.07) is 2.10. The molecule has 0 aliphatic carbocycles. The number of phenols is 3. The second kappa shape index (κ2) is 4.17. The summed E-state index contributed by atoms with van der Waals surface area (Å²) >= 11 is 0. The summed E-state index contributed by atoms with van der Waals surface area (Å²) in [5.41, 5.74) is 5.22. The van der Waals surface area contributed by atoms with Crippen LogP contribution in [0.1, 0.15) is 18.1 Å². The Balaban J connectivity index is 3.07. The fraction of sp³-hybridized carbons (Fsp3) is 0.333. The van der Waals surface area contributed by atoms with E-state index in [-0.39, 0.29) is 35.8 Å². The van der Waals surface area contributed by atoms with Crippen LogP contribution in [0.5, 0.6) is 17.2 Å². The molecule has 0 spiro atoms. The molecule has 0 radical (unpaired) electrons. The monoisotopic (exact) mass is 199 g/mol. The van der Waals surface area contributed by atoms with Crippen LogP contribution in [0.2, 0.25) is 0 Å². The Morgan fingerprint density at radius 2 is 1.64 bits per heavy atom. The molecule has 0 fully saturated rings. The minimum Gasteiger partial charge on any atom is -0.508 e. The van der Waals surface area contributed by atoms with Gasteiger partial charge in [-0.15, -0.1) is 0 Å². The molecule has 1 aromatic rings. The average molecular weight is 199 g/mol. The lowest BCUT2D eigenvalue weighted by atomic mass is 10.0. The van der Waals surface area contributed by atoms with Crippen LogP contribution in [0.15, 0.2) is 12.1 Å². The highest BCUT2D eigenvalue weighted by Crippen LogP contribution is 2.37. The molecule has 14 heavy (non-hydrogen) atoms. The van der Waals surface area contributed by atoms with E-state index in [9.17, 15) is 15.3 Å². The third kappa shape index (κ3) is 2.07. The standard InChI is InChI=1S/C9H13NO4/c10-2-1-6(12)9-7(13)3-5(11)4-8(9)14/h3-4,6,11-14H,1-2,10H2. The van der Waals surface area contributed by atoms with Crippen molar-refractivity contribution < 1.29 is 20.4 Å². The summed E-state index contributed by atoms with van der Waals surface area (Å²) in [6.07, 6.45) is -0.799. The zero-order valence-corrected chi connectivity index (χ0v) is 7.51. The van der Waals surface area contributed by atoms with E-state index >= 15 is 0 Å². The summed E-state index contributed by atoms with van der Waals surface area (Å²) in [7, 11) is 0. The van der Waals surface area contributed by atoms with Crippen LogP contribution in [-0.4, -0.2) is 27.0 Å². The molecule has 0 saturated carbocycles. The van der Waals surface area contributed by atoms with Gasteiger partial charge < -0.3 is 26.2 Å². The predicted octanol–water partition coefficient (Wildman–Crippen LogP) is 0.186. The lowest BCUT2D eigenvalue weighted by molar-refractivity contribution is 0.162. The molecule has 1 unspecified atom stereocenters. The van der Waals surface area contributed by atoms with Crippen molar-refractivity contribution >= 4 is 0 Å². The number of aliphatic hydroxyl groups excluding tert-OH is 1. The fourth-order valence-electron chi connectivity index (χ4n) is 1.25. The van der Waals surface area contributed by atoms with Gasteiger partial charge in [-0.1, -0.05) is 0 Å². The molecule has 0 aliphatic heterocycles. The van der Waals surface area contributed by atoms with Crippen molar-refractivity contribution in [1.29, 1.82) is 0 Å². The first-order valence-electron chi connectivity index (χ1n) is 4.19. The van der Waals surface area contributed by atoms with Crippen molar-refractivity contribution in [2.75, 3.05) is 6.54 Å². The summed E-state index contributed by atoms with van der Waals surface area (Å²) in [5.74, 6) is -0.949. The van der Waals surface area contributed by atoms with Gasteiger partial charge in [0.15, 0.2) is 0 Å². The van der Waals surface area contributed by atoms with Gasteiger partial charge in [-0.25, -0.2) is 0 Å². The maximum Gasteiger partial charge on any atom is 0.128 e. The smallest absolute Gasteiger partial charge is 0.128 e.